The van der Waals surface area contributed by atoms with E-state index in [1.807, 2.05) is 48.6 Å². The molecule has 0 heterocycles. The summed E-state index contributed by atoms with van der Waals surface area (Å²) in [5.41, 5.74) is 2.80. The van der Waals surface area contributed by atoms with Gasteiger partial charge in [0.15, 0.2) is 5.78 Å². The van der Waals surface area contributed by atoms with Gasteiger partial charge in [-0.25, -0.2) is 0 Å². The van der Waals surface area contributed by atoms with Gasteiger partial charge >= 0.3 is 0 Å². The highest BCUT2D eigenvalue weighted by atomic mass is 79.9. The fourth-order valence-corrected chi connectivity index (χ4v) is 3.36. The lowest BCUT2D eigenvalue weighted by Gasteiger charge is -2.18. The number of Topliss-reactive ketones (excluding diaryl/α,β-unsaturated/α-hetero) is 1. The first-order valence-electron chi connectivity index (χ1n) is 5.72. The van der Waals surface area contributed by atoms with E-state index in [9.17, 15) is 4.79 Å². The molecular weight excluding hydrogens is 356 g/mol. The molecule has 0 spiro atoms. The van der Waals surface area contributed by atoms with Crippen molar-refractivity contribution in [3.63, 3.8) is 0 Å². The Morgan fingerprint density at radius 3 is 2.78 bits per heavy atom. The van der Waals surface area contributed by atoms with Crippen LogP contribution >= 0.6 is 31.9 Å². The number of rotatable bonds is 0. The van der Waals surface area contributed by atoms with Crippen LogP contribution in [-0.4, -0.2) is 10.6 Å². The second kappa shape index (κ2) is 4.63. The van der Waals surface area contributed by atoms with Crippen molar-refractivity contribution < 1.29 is 4.79 Å². The standard InChI is InChI=1S/C15H10Br2O/c16-10-5-6-12-13(8-10)15(18)11-4-2-1-3-9(11)7-14(12)17/h1-8,10-11H. The number of carbonyl (C=O) groups is 1. The van der Waals surface area contributed by atoms with E-state index in [1.165, 1.54) is 0 Å². The summed E-state index contributed by atoms with van der Waals surface area (Å²) in [6.07, 6.45) is 15.9. The lowest BCUT2D eigenvalue weighted by atomic mass is 9.86. The Bertz CT molecular complexity index is 600. The van der Waals surface area contributed by atoms with Crippen molar-refractivity contribution in [1.29, 1.82) is 0 Å². The molecule has 1 nitrogen and oxygen atoms in total. The fraction of sp³-hybridized carbons (Fsp3) is 0.133. The highest BCUT2D eigenvalue weighted by Gasteiger charge is 2.30. The lowest BCUT2D eigenvalue weighted by Crippen LogP contribution is -2.19. The van der Waals surface area contributed by atoms with E-state index in [0.717, 1.165) is 21.2 Å². The molecule has 3 heteroatoms. The molecule has 90 valence electrons. The smallest absolute Gasteiger partial charge is 0.174 e. The topological polar surface area (TPSA) is 17.1 Å². The second-order valence-electron chi connectivity index (χ2n) is 4.38. The number of allylic oxidation sites excluding steroid dienone is 12. The van der Waals surface area contributed by atoms with Gasteiger partial charge in [-0.3, -0.25) is 4.79 Å². The predicted octanol–water partition coefficient (Wildman–Crippen LogP) is 4.15. The maximum absolute atomic E-state index is 12.6. The number of fused-ring (bicyclic) bond motifs is 2. The van der Waals surface area contributed by atoms with Crippen molar-refractivity contribution in [1.82, 2.24) is 0 Å². The van der Waals surface area contributed by atoms with Crippen LogP contribution in [0.5, 0.6) is 0 Å². The normalized spacial score (nSPS) is 29.6. The largest absolute Gasteiger partial charge is 0.293 e. The van der Waals surface area contributed by atoms with Gasteiger partial charge in [0.2, 0.25) is 0 Å². The van der Waals surface area contributed by atoms with E-state index in [1.54, 1.807) is 0 Å². The summed E-state index contributed by atoms with van der Waals surface area (Å²) < 4.78 is 0.968. The Hall–Kier alpha value is -0.930. The maximum atomic E-state index is 12.6. The summed E-state index contributed by atoms with van der Waals surface area (Å²) >= 11 is 7.08. The molecule has 3 aliphatic rings. The van der Waals surface area contributed by atoms with Gasteiger partial charge in [-0.15, -0.1) is 0 Å². The molecule has 2 atom stereocenters. The first-order chi connectivity index (χ1) is 8.66. The average Bonchev–Trinajstić information content (AvgIpc) is 2.47. The van der Waals surface area contributed by atoms with Crippen molar-refractivity contribution >= 4 is 37.6 Å². The van der Waals surface area contributed by atoms with Gasteiger partial charge in [0.05, 0.1) is 10.7 Å². The van der Waals surface area contributed by atoms with E-state index >= 15 is 0 Å². The van der Waals surface area contributed by atoms with Crippen LogP contribution in [0.1, 0.15) is 0 Å². The molecule has 2 unspecified atom stereocenters. The van der Waals surface area contributed by atoms with Crippen LogP contribution in [0.25, 0.3) is 0 Å². The SMILES string of the molecule is O=C1C2=CC(Br)C=CC2=C(Br)C=C2C=CC=CC12. The van der Waals surface area contributed by atoms with Crippen molar-refractivity contribution in [2.75, 3.05) is 0 Å². The third-order valence-corrected chi connectivity index (χ3v) is 4.45. The van der Waals surface area contributed by atoms with Crippen molar-refractivity contribution in [3.05, 3.63) is 69.8 Å². The highest BCUT2D eigenvalue weighted by Crippen LogP contribution is 2.37. The van der Waals surface area contributed by atoms with Gasteiger partial charge in [0.25, 0.3) is 0 Å². The Balaban J connectivity index is 2.18. The molecule has 0 radical (unpaired) electrons. The summed E-state index contributed by atoms with van der Waals surface area (Å²) in [7, 11) is 0. The van der Waals surface area contributed by atoms with Crippen LogP contribution in [0, 0.1) is 5.92 Å². The Kier molecular flexibility index (Phi) is 3.12. The molecule has 0 aromatic rings. The van der Waals surface area contributed by atoms with E-state index < -0.39 is 0 Å². The molecule has 0 saturated carbocycles. The molecule has 0 fully saturated rings. The quantitative estimate of drug-likeness (QED) is 0.589. The molecule has 0 bridgehead atoms. The van der Waals surface area contributed by atoms with Gasteiger partial charge in [-0.2, -0.15) is 0 Å². The molecule has 0 saturated heterocycles. The number of hydrogen-bond donors (Lipinski definition) is 0. The number of alkyl halides is 1. The summed E-state index contributed by atoms with van der Waals surface area (Å²) in [4.78, 5) is 12.7. The van der Waals surface area contributed by atoms with E-state index in [0.29, 0.717) is 0 Å². The van der Waals surface area contributed by atoms with Crippen LogP contribution in [0.2, 0.25) is 0 Å². The minimum Gasteiger partial charge on any atom is -0.293 e. The highest BCUT2D eigenvalue weighted by molar-refractivity contribution is 9.12. The van der Waals surface area contributed by atoms with Gasteiger partial charge in [-0.1, -0.05) is 74.4 Å². The van der Waals surface area contributed by atoms with Crippen molar-refractivity contribution in [2.45, 2.75) is 4.83 Å². The zero-order valence-corrected chi connectivity index (χ0v) is 12.6. The van der Waals surface area contributed by atoms with Gasteiger partial charge in [-0.05, 0) is 17.2 Å². The van der Waals surface area contributed by atoms with Crippen molar-refractivity contribution in [2.24, 2.45) is 5.92 Å². The fourth-order valence-electron chi connectivity index (χ4n) is 2.33. The van der Waals surface area contributed by atoms with Crippen molar-refractivity contribution in [3.8, 4) is 0 Å². The second-order valence-corrected chi connectivity index (χ2v) is 6.29. The van der Waals surface area contributed by atoms with E-state index in [4.69, 9.17) is 0 Å². The van der Waals surface area contributed by atoms with E-state index in [2.05, 4.69) is 31.9 Å². The van der Waals surface area contributed by atoms with Crippen LogP contribution in [0.15, 0.2) is 69.8 Å². The van der Waals surface area contributed by atoms with Crippen LogP contribution in [0.3, 0.4) is 0 Å². The third-order valence-electron chi connectivity index (χ3n) is 3.22. The average molecular weight is 366 g/mol. The number of hydrogen-bond acceptors (Lipinski definition) is 1. The number of halogens is 2. The van der Waals surface area contributed by atoms with Crippen LogP contribution in [-0.2, 0) is 4.79 Å². The summed E-state index contributed by atoms with van der Waals surface area (Å²) in [5.74, 6) is 0.0117. The number of ketones is 1. The molecule has 3 rings (SSSR count). The zero-order chi connectivity index (χ0) is 12.7. The predicted molar refractivity (Wildman–Crippen MR) is 80.8 cm³/mol. The lowest BCUT2D eigenvalue weighted by molar-refractivity contribution is -0.116. The third kappa shape index (κ3) is 1.95. The van der Waals surface area contributed by atoms with E-state index in [-0.39, 0.29) is 16.5 Å². The Morgan fingerprint density at radius 2 is 1.94 bits per heavy atom. The van der Waals surface area contributed by atoms with Gasteiger partial charge in [0, 0.05) is 10.1 Å². The Morgan fingerprint density at radius 1 is 1.11 bits per heavy atom. The monoisotopic (exact) mass is 364 g/mol. The summed E-state index contributed by atoms with van der Waals surface area (Å²) in [6.45, 7) is 0. The zero-order valence-electron chi connectivity index (χ0n) is 9.44. The molecule has 0 amide bonds. The molecule has 0 N–H and O–H groups in total. The first-order valence-corrected chi connectivity index (χ1v) is 7.42. The first kappa shape index (κ1) is 12.1. The molecule has 0 aromatic carbocycles. The molecular formula is C15H10Br2O. The summed E-state index contributed by atoms with van der Waals surface area (Å²) in [5, 5.41) is 0. The van der Waals surface area contributed by atoms with Crippen LogP contribution in [0.4, 0.5) is 0 Å². The van der Waals surface area contributed by atoms with Gasteiger partial charge in [0.1, 0.15) is 0 Å². The molecule has 0 aromatic heterocycles. The minimum atomic E-state index is -0.155. The number of carbonyl (C=O) groups excluding carboxylic acids is 1. The van der Waals surface area contributed by atoms with Crippen LogP contribution < -0.4 is 0 Å². The maximum Gasteiger partial charge on any atom is 0.174 e. The van der Waals surface area contributed by atoms with Gasteiger partial charge < -0.3 is 0 Å². The minimum absolute atomic E-state index is 0.130. The summed E-state index contributed by atoms with van der Waals surface area (Å²) in [6, 6.07) is 0. The molecule has 18 heavy (non-hydrogen) atoms. The molecule has 3 aliphatic carbocycles. The molecule has 0 aliphatic heterocycles. The Labute approximate surface area is 123 Å².